The molecule has 0 saturated heterocycles. The standard InChI is InChI=1S/C46H53NO8/c47-26-55-39-21-27(13-17-37(39)50)12-16-36(49)33-15-14-29-22-30-23-35(46(18-5-2-6-19-46)31-9-3-1-4-10-31)42(41(29)43(33)52)34-24-38(51)44(53)45(40(30)34)54-25-28-8-7-11-32(48)20-28/h1,3-4,7-11,13,17,20-21,24,29-30,33,35,41-43,48,50-53H,2,5-6,12,14-16,18-19,22-23,25-26,47H2/t29-,30-,33+,35-,41-,42+,43+/m1/s1. The minimum absolute atomic E-state index is 0.00847. The van der Waals surface area contributed by atoms with Crippen molar-refractivity contribution >= 4 is 5.78 Å². The summed E-state index contributed by atoms with van der Waals surface area (Å²) in [4.78, 5) is 14.2. The van der Waals surface area contributed by atoms with Crippen LogP contribution in [0.25, 0.3) is 0 Å². The molecule has 0 heterocycles. The summed E-state index contributed by atoms with van der Waals surface area (Å²) < 4.78 is 11.8. The predicted molar refractivity (Wildman–Crippen MR) is 208 cm³/mol. The normalized spacial score (nSPS) is 26.7. The molecule has 4 aromatic carbocycles. The van der Waals surface area contributed by atoms with Gasteiger partial charge in [0.15, 0.2) is 23.0 Å². The highest BCUT2D eigenvalue weighted by molar-refractivity contribution is 5.82. The maximum atomic E-state index is 14.2. The minimum Gasteiger partial charge on any atom is -0.508 e. The molecular formula is C46H53NO8. The van der Waals surface area contributed by atoms with Crippen molar-refractivity contribution in [2.75, 3.05) is 6.73 Å². The number of carbonyl (C=O) groups is 1. The van der Waals surface area contributed by atoms with E-state index in [9.17, 15) is 30.3 Å². The van der Waals surface area contributed by atoms with Crippen LogP contribution in [0.15, 0.2) is 78.9 Å². The average molecular weight is 748 g/mol. The predicted octanol–water partition coefficient (Wildman–Crippen LogP) is 8.08. The van der Waals surface area contributed by atoms with Gasteiger partial charge in [0, 0.05) is 17.9 Å². The number of nitrogens with two attached hydrogens (primary N) is 1. The van der Waals surface area contributed by atoms with E-state index in [1.54, 1.807) is 42.5 Å². The largest absolute Gasteiger partial charge is 0.508 e. The van der Waals surface area contributed by atoms with Gasteiger partial charge in [0.25, 0.3) is 0 Å². The van der Waals surface area contributed by atoms with E-state index < -0.39 is 12.0 Å². The van der Waals surface area contributed by atoms with Crippen LogP contribution in [-0.2, 0) is 23.2 Å². The maximum Gasteiger partial charge on any atom is 0.200 e. The van der Waals surface area contributed by atoms with E-state index >= 15 is 0 Å². The number of hydrogen-bond donors (Lipinski definition) is 6. The van der Waals surface area contributed by atoms with Crippen LogP contribution < -0.4 is 15.2 Å². The third kappa shape index (κ3) is 6.90. The van der Waals surface area contributed by atoms with Gasteiger partial charge in [-0.25, -0.2) is 0 Å². The van der Waals surface area contributed by atoms with Crippen LogP contribution in [0.3, 0.4) is 0 Å². The molecule has 3 saturated carbocycles. The van der Waals surface area contributed by atoms with Crippen molar-refractivity contribution in [3.63, 3.8) is 0 Å². The highest BCUT2D eigenvalue weighted by Crippen LogP contribution is 2.67. The van der Waals surface area contributed by atoms with Crippen molar-refractivity contribution < 1.29 is 39.8 Å². The lowest BCUT2D eigenvalue weighted by atomic mass is 9.51. The molecule has 5 aliphatic rings. The molecule has 0 aliphatic heterocycles. The second-order valence-electron chi connectivity index (χ2n) is 16.5. The Kier molecular flexibility index (Phi) is 10.4. The van der Waals surface area contributed by atoms with Crippen LogP contribution in [0.2, 0.25) is 0 Å². The molecular weight excluding hydrogens is 695 g/mol. The van der Waals surface area contributed by atoms with E-state index in [0.29, 0.717) is 12.8 Å². The second-order valence-corrected chi connectivity index (χ2v) is 16.5. The first kappa shape index (κ1) is 37.2. The van der Waals surface area contributed by atoms with Crippen molar-refractivity contribution in [3.8, 4) is 34.5 Å². The lowest BCUT2D eigenvalue weighted by molar-refractivity contribution is -0.133. The molecule has 7 atom stereocenters. The topological polar surface area (TPSA) is 163 Å². The summed E-state index contributed by atoms with van der Waals surface area (Å²) in [5, 5.41) is 55.8. The van der Waals surface area contributed by atoms with Crippen molar-refractivity contribution in [3.05, 3.63) is 107 Å². The first-order valence-corrected chi connectivity index (χ1v) is 20.1. The maximum absolute atomic E-state index is 14.2. The number of ketones is 1. The summed E-state index contributed by atoms with van der Waals surface area (Å²) >= 11 is 0. The third-order valence-corrected chi connectivity index (χ3v) is 13.7. The SMILES string of the molecule is NCOc1cc(CCC(=O)[C@@H]2CC[C@@H]3C[C@@H]4C[C@@H](C5(c6ccccc6)CCCCC5)[C@H](c5cc(O)c(O)c(OCc6cccc(O)c6)c54)[C@@H]3[C@H]2O)ccc1O. The van der Waals surface area contributed by atoms with E-state index in [4.69, 9.17) is 15.2 Å². The quantitative estimate of drug-likeness (QED) is 0.0658. The number of Topliss-reactive ketones (excluding diaryl/α,β-unsaturated/α-hetero) is 1. The fraction of sp³-hybridized carbons (Fsp3) is 0.457. The van der Waals surface area contributed by atoms with E-state index in [-0.39, 0.29) is 95.0 Å². The van der Waals surface area contributed by atoms with Gasteiger partial charge in [0.05, 0.1) is 6.10 Å². The smallest absolute Gasteiger partial charge is 0.200 e. The van der Waals surface area contributed by atoms with Gasteiger partial charge in [0.2, 0.25) is 5.75 Å². The Hall–Kier alpha value is -4.73. The number of hydrogen-bond acceptors (Lipinski definition) is 9. The molecule has 290 valence electrons. The van der Waals surface area contributed by atoms with Crippen LogP contribution in [-0.4, -0.2) is 44.2 Å². The summed E-state index contributed by atoms with van der Waals surface area (Å²) in [5.41, 5.74) is 10.1. The molecule has 0 unspecified atom stereocenters. The Balaban J connectivity index is 1.19. The Bertz CT molecular complexity index is 2010. The van der Waals surface area contributed by atoms with Gasteiger partial charge in [-0.3, -0.25) is 10.5 Å². The van der Waals surface area contributed by atoms with Crippen LogP contribution in [0, 0.1) is 23.7 Å². The Morgan fingerprint density at radius 2 is 1.62 bits per heavy atom. The third-order valence-electron chi connectivity index (χ3n) is 13.7. The van der Waals surface area contributed by atoms with E-state index in [2.05, 4.69) is 30.3 Å². The van der Waals surface area contributed by atoms with Crippen LogP contribution in [0.1, 0.15) is 104 Å². The van der Waals surface area contributed by atoms with Gasteiger partial charge >= 0.3 is 0 Å². The number of phenolic OH excluding ortho intramolecular Hbond substituents is 4. The fourth-order valence-corrected chi connectivity index (χ4v) is 11.4. The number of aryl methyl sites for hydroxylation is 1. The molecule has 55 heavy (non-hydrogen) atoms. The number of rotatable bonds is 11. The van der Waals surface area contributed by atoms with E-state index in [1.165, 1.54) is 12.0 Å². The van der Waals surface area contributed by atoms with Gasteiger partial charge in [-0.15, -0.1) is 0 Å². The lowest BCUT2D eigenvalue weighted by Crippen LogP contribution is -2.49. The number of benzene rings is 4. The number of aliphatic hydroxyl groups is 1. The zero-order chi connectivity index (χ0) is 38.3. The number of carbonyl (C=O) groups excluding carboxylic acids is 1. The average Bonchev–Trinajstić information content (AvgIpc) is 3.45. The number of ether oxygens (including phenoxy) is 2. The Morgan fingerprint density at radius 3 is 2.38 bits per heavy atom. The molecule has 0 aromatic heterocycles. The highest BCUT2D eigenvalue weighted by Gasteiger charge is 2.58. The lowest BCUT2D eigenvalue weighted by Gasteiger charge is -2.53. The number of fused-ring (bicyclic) bond motifs is 1. The number of aromatic hydroxyl groups is 4. The number of phenols is 4. The molecule has 5 aliphatic carbocycles. The zero-order valence-electron chi connectivity index (χ0n) is 31.3. The van der Waals surface area contributed by atoms with E-state index in [0.717, 1.165) is 67.2 Å². The van der Waals surface area contributed by atoms with Crippen LogP contribution in [0.5, 0.6) is 34.5 Å². The van der Waals surface area contributed by atoms with Crippen LogP contribution in [0.4, 0.5) is 0 Å². The zero-order valence-corrected chi connectivity index (χ0v) is 31.3. The molecule has 9 heteroatoms. The molecule has 9 nitrogen and oxygen atoms in total. The molecule has 0 amide bonds. The Morgan fingerprint density at radius 1 is 0.818 bits per heavy atom. The van der Waals surface area contributed by atoms with Gasteiger partial charge < -0.3 is 35.0 Å². The molecule has 2 bridgehead atoms. The van der Waals surface area contributed by atoms with Gasteiger partial charge in [-0.1, -0.05) is 67.8 Å². The monoisotopic (exact) mass is 747 g/mol. The van der Waals surface area contributed by atoms with Crippen molar-refractivity contribution in [1.29, 1.82) is 0 Å². The van der Waals surface area contributed by atoms with Gasteiger partial charge in [-0.05, 0) is 133 Å². The molecule has 7 N–H and O–H groups in total. The first-order valence-electron chi connectivity index (χ1n) is 20.1. The van der Waals surface area contributed by atoms with Crippen molar-refractivity contribution in [2.24, 2.45) is 29.4 Å². The summed E-state index contributed by atoms with van der Waals surface area (Å²) in [6.07, 6.45) is 8.31. The summed E-state index contributed by atoms with van der Waals surface area (Å²) in [5.74, 6) is -0.530. The van der Waals surface area contributed by atoms with Crippen molar-refractivity contribution in [1.82, 2.24) is 0 Å². The molecule has 4 aromatic rings. The molecule has 0 radical (unpaired) electrons. The van der Waals surface area contributed by atoms with Gasteiger partial charge in [0.1, 0.15) is 24.9 Å². The molecule has 3 fully saturated rings. The first-order chi connectivity index (χ1) is 26.7. The highest BCUT2D eigenvalue weighted by atomic mass is 16.5. The second kappa shape index (κ2) is 15.4. The fourth-order valence-electron chi connectivity index (χ4n) is 11.4. The Labute approximate surface area is 322 Å². The molecule has 0 spiro atoms. The van der Waals surface area contributed by atoms with Crippen molar-refractivity contribution in [2.45, 2.75) is 101 Å². The van der Waals surface area contributed by atoms with Gasteiger partial charge in [-0.2, -0.15) is 0 Å². The minimum atomic E-state index is -0.886. The molecule has 9 rings (SSSR count). The summed E-state index contributed by atoms with van der Waals surface area (Å²) in [6, 6.07) is 24.4. The summed E-state index contributed by atoms with van der Waals surface area (Å²) in [7, 11) is 0. The summed E-state index contributed by atoms with van der Waals surface area (Å²) in [6.45, 7) is 0.0204. The van der Waals surface area contributed by atoms with E-state index in [1.807, 2.05) is 6.07 Å². The van der Waals surface area contributed by atoms with Crippen LogP contribution >= 0.6 is 0 Å². The number of aliphatic hydroxyl groups excluding tert-OH is 1.